The topological polar surface area (TPSA) is 101 Å². The smallest absolute Gasteiger partial charge is 0.309 e. The van der Waals surface area contributed by atoms with E-state index in [1.165, 1.54) is 12.2 Å². The molecule has 1 rings (SSSR count). The van der Waals surface area contributed by atoms with Gasteiger partial charge in [0.2, 0.25) is 5.91 Å². The lowest BCUT2D eigenvalue weighted by molar-refractivity contribution is -0.137. The fourth-order valence-electron chi connectivity index (χ4n) is 0.882. The Morgan fingerprint density at radius 1 is 1.33 bits per heavy atom. The zero-order valence-corrected chi connectivity index (χ0v) is 8.16. The van der Waals surface area contributed by atoms with Crippen molar-refractivity contribution in [3.63, 3.8) is 0 Å². The highest BCUT2D eigenvalue weighted by molar-refractivity contribution is 6.34. The molecule has 0 radical (unpaired) electrons. The molecule has 0 heterocycles. The molecule has 0 saturated heterocycles. The molecule has 0 atom stereocenters. The number of carbonyl (C=O) groups is 3. The molecule has 4 N–H and O–H groups in total. The Balaban J connectivity index is 2.12. The van der Waals surface area contributed by atoms with Crippen molar-refractivity contribution < 1.29 is 14.4 Å². The van der Waals surface area contributed by atoms with Crippen LogP contribution in [0.15, 0.2) is 12.2 Å². The molecule has 1 aliphatic rings. The van der Waals surface area contributed by atoms with E-state index in [9.17, 15) is 14.4 Å². The van der Waals surface area contributed by atoms with Crippen molar-refractivity contribution in [2.75, 3.05) is 6.54 Å². The van der Waals surface area contributed by atoms with Crippen LogP contribution >= 0.6 is 0 Å². The monoisotopic (exact) mass is 211 g/mol. The summed E-state index contributed by atoms with van der Waals surface area (Å²) in [6.45, 7) is 0.111. The SMILES string of the molecule is NC(=O)C(=O)NC/C=C/C(=O)NC1CC1. The zero-order chi connectivity index (χ0) is 11.3. The molecule has 0 bridgehead atoms. The first-order valence-corrected chi connectivity index (χ1v) is 4.64. The lowest BCUT2D eigenvalue weighted by Gasteiger charge is -1.98. The highest BCUT2D eigenvalue weighted by Crippen LogP contribution is 2.18. The minimum absolute atomic E-state index is 0.111. The number of carbonyl (C=O) groups excluding carboxylic acids is 3. The molecule has 1 fully saturated rings. The number of amides is 3. The van der Waals surface area contributed by atoms with E-state index in [1.54, 1.807) is 0 Å². The van der Waals surface area contributed by atoms with Gasteiger partial charge < -0.3 is 16.4 Å². The molecule has 0 aliphatic heterocycles. The van der Waals surface area contributed by atoms with Gasteiger partial charge in [0.05, 0.1) is 0 Å². The van der Waals surface area contributed by atoms with Crippen molar-refractivity contribution in [3.05, 3.63) is 12.2 Å². The summed E-state index contributed by atoms with van der Waals surface area (Å²) in [6, 6.07) is 0.308. The van der Waals surface area contributed by atoms with E-state index in [0.29, 0.717) is 6.04 Å². The van der Waals surface area contributed by atoms with Crippen molar-refractivity contribution in [3.8, 4) is 0 Å². The third-order valence-corrected chi connectivity index (χ3v) is 1.80. The molecular weight excluding hydrogens is 198 g/mol. The Hall–Kier alpha value is -1.85. The summed E-state index contributed by atoms with van der Waals surface area (Å²) < 4.78 is 0. The highest BCUT2D eigenvalue weighted by Gasteiger charge is 2.21. The number of nitrogens with two attached hydrogens (primary N) is 1. The molecular formula is C9H13N3O3. The Morgan fingerprint density at radius 2 is 2.00 bits per heavy atom. The molecule has 6 heteroatoms. The van der Waals surface area contributed by atoms with Crippen LogP contribution < -0.4 is 16.4 Å². The number of hydrogen-bond donors (Lipinski definition) is 3. The van der Waals surface area contributed by atoms with Crippen LogP contribution in [0.3, 0.4) is 0 Å². The first-order valence-electron chi connectivity index (χ1n) is 4.64. The van der Waals surface area contributed by atoms with Crippen molar-refractivity contribution in [1.29, 1.82) is 0 Å². The van der Waals surface area contributed by atoms with Crippen LogP contribution in [0.4, 0.5) is 0 Å². The summed E-state index contributed by atoms with van der Waals surface area (Å²) in [5.74, 6) is -2.08. The maximum Gasteiger partial charge on any atom is 0.309 e. The predicted molar refractivity (Wildman–Crippen MR) is 52.5 cm³/mol. The second-order valence-corrected chi connectivity index (χ2v) is 3.26. The highest BCUT2D eigenvalue weighted by atomic mass is 16.2. The second kappa shape index (κ2) is 5.14. The Labute approximate surface area is 86.9 Å². The maximum atomic E-state index is 11.1. The van der Waals surface area contributed by atoms with E-state index in [0.717, 1.165) is 12.8 Å². The van der Waals surface area contributed by atoms with Crippen molar-refractivity contribution in [1.82, 2.24) is 10.6 Å². The van der Waals surface area contributed by atoms with Gasteiger partial charge in [-0.1, -0.05) is 6.08 Å². The summed E-state index contributed by atoms with van der Waals surface area (Å²) in [7, 11) is 0. The third kappa shape index (κ3) is 4.80. The Morgan fingerprint density at radius 3 is 2.53 bits per heavy atom. The van der Waals surface area contributed by atoms with E-state index >= 15 is 0 Å². The predicted octanol–water partition coefficient (Wildman–Crippen LogP) is -1.58. The summed E-state index contributed by atoms with van der Waals surface area (Å²) in [5, 5.41) is 4.96. The molecule has 3 amide bonds. The normalized spacial score (nSPS) is 14.9. The molecule has 0 aromatic heterocycles. The standard InChI is InChI=1S/C9H13N3O3/c10-8(14)9(15)11-5-1-2-7(13)12-6-3-4-6/h1-2,6H,3-5H2,(H2,10,14)(H,11,15)(H,12,13)/b2-1+. The fraction of sp³-hybridized carbons (Fsp3) is 0.444. The molecule has 15 heavy (non-hydrogen) atoms. The van der Waals surface area contributed by atoms with Crippen LogP contribution in [0.5, 0.6) is 0 Å². The van der Waals surface area contributed by atoms with Crippen LogP contribution in [-0.2, 0) is 14.4 Å². The lowest BCUT2D eigenvalue weighted by atomic mass is 10.4. The summed E-state index contributed by atoms with van der Waals surface area (Å²) in [4.78, 5) is 32.0. The van der Waals surface area contributed by atoms with Gasteiger partial charge in [0, 0.05) is 18.7 Å². The van der Waals surface area contributed by atoms with Crippen molar-refractivity contribution in [2.24, 2.45) is 5.73 Å². The van der Waals surface area contributed by atoms with Gasteiger partial charge in [0.25, 0.3) is 0 Å². The van der Waals surface area contributed by atoms with Gasteiger partial charge in [0.15, 0.2) is 0 Å². The Kier molecular flexibility index (Phi) is 3.84. The maximum absolute atomic E-state index is 11.1. The summed E-state index contributed by atoms with van der Waals surface area (Å²) in [5.41, 5.74) is 4.70. The van der Waals surface area contributed by atoms with Crippen molar-refractivity contribution in [2.45, 2.75) is 18.9 Å². The number of rotatable bonds is 4. The van der Waals surface area contributed by atoms with E-state index in [1.807, 2.05) is 0 Å². The van der Waals surface area contributed by atoms with Crippen LogP contribution in [0.1, 0.15) is 12.8 Å². The quantitative estimate of drug-likeness (QED) is 0.386. The number of nitrogens with one attached hydrogen (secondary N) is 2. The summed E-state index contributed by atoms with van der Waals surface area (Å²) >= 11 is 0. The van der Waals surface area contributed by atoms with Gasteiger partial charge >= 0.3 is 11.8 Å². The average molecular weight is 211 g/mol. The zero-order valence-electron chi connectivity index (χ0n) is 8.16. The molecule has 1 aliphatic carbocycles. The van der Waals surface area contributed by atoms with Crippen LogP contribution in [0.25, 0.3) is 0 Å². The largest absolute Gasteiger partial charge is 0.361 e. The van der Waals surface area contributed by atoms with Gasteiger partial charge in [-0.15, -0.1) is 0 Å². The van der Waals surface area contributed by atoms with Gasteiger partial charge in [-0.2, -0.15) is 0 Å². The molecule has 1 saturated carbocycles. The second-order valence-electron chi connectivity index (χ2n) is 3.26. The van der Waals surface area contributed by atoms with Gasteiger partial charge in [-0.3, -0.25) is 14.4 Å². The van der Waals surface area contributed by atoms with Gasteiger partial charge in [-0.25, -0.2) is 0 Å². The molecule has 0 aromatic carbocycles. The van der Waals surface area contributed by atoms with Gasteiger partial charge in [-0.05, 0) is 12.8 Å². The average Bonchev–Trinajstić information content (AvgIpc) is 2.95. The van der Waals surface area contributed by atoms with Crippen LogP contribution in [0, 0.1) is 0 Å². The van der Waals surface area contributed by atoms with E-state index in [4.69, 9.17) is 5.73 Å². The minimum Gasteiger partial charge on any atom is -0.361 e. The molecule has 82 valence electrons. The van der Waals surface area contributed by atoms with E-state index in [-0.39, 0.29) is 12.5 Å². The first kappa shape index (κ1) is 11.2. The van der Waals surface area contributed by atoms with Crippen molar-refractivity contribution >= 4 is 17.7 Å². The first-order chi connectivity index (χ1) is 7.09. The molecule has 0 unspecified atom stereocenters. The van der Waals surface area contributed by atoms with E-state index < -0.39 is 11.8 Å². The molecule has 0 aromatic rings. The third-order valence-electron chi connectivity index (χ3n) is 1.80. The number of primary amides is 1. The minimum atomic E-state index is -1.04. The fourth-order valence-corrected chi connectivity index (χ4v) is 0.882. The van der Waals surface area contributed by atoms with Crippen LogP contribution in [0.2, 0.25) is 0 Å². The van der Waals surface area contributed by atoms with E-state index in [2.05, 4.69) is 10.6 Å². The van der Waals surface area contributed by atoms with Gasteiger partial charge in [0.1, 0.15) is 0 Å². The molecule has 6 nitrogen and oxygen atoms in total. The number of hydrogen-bond acceptors (Lipinski definition) is 3. The Bertz CT molecular complexity index is 308. The van der Waals surface area contributed by atoms with Crippen LogP contribution in [-0.4, -0.2) is 30.3 Å². The molecule has 0 spiro atoms. The lowest BCUT2D eigenvalue weighted by Crippen LogP contribution is -2.36. The summed E-state index contributed by atoms with van der Waals surface area (Å²) in [6.07, 6.45) is 4.83.